The molecule has 0 spiro atoms. The molecule has 0 atom stereocenters. The number of nitrogens with zero attached hydrogens (tertiary/aromatic N) is 4. The highest BCUT2D eigenvalue weighted by Gasteiger charge is 2.24. The summed E-state index contributed by atoms with van der Waals surface area (Å²) in [5.74, 6) is 1.64. The van der Waals surface area contributed by atoms with Crippen molar-refractivity contribution in [1.29, 1.82) is 0 Å². The lowest BCUT2D eigenvalue weighted by atomic mass is 9.88. The zero-order valence-electron chi connectivity index (χ0n) is 22.4. The molecule has 1 aliphatic carbocycles. The number of carbonyl (C=O) groups excluding carboxylic acids is 1. The number of hydrogen-bond acceptors (Lipinski definition) is 7. The van der Waals surface area contributed by atoms with E-state index in [4.69, 9.17) is 19.2 Å². The smallest absolute Gasteiger partial charge is 0.282 e. The summed E-state index contributed by atoms with van der Waals surface area (Å²) >= 11 is 7.25. The van der Waals surface area contributed by atoms with Crippen LogP contribution in [0.4, 0.5) is 0 Å². The SMILES string of the molecule is CCOc1cc(C=Nn2c(C3CCCCC3)nc3ccccc3c2=O)c(Br)c(Br)c1OCC(=O)N1CCOCC1. The molecular formula is C29H32Br2N4O5. The molecule has 0 unspecified atom stereocenters. The van der Waals surface area contributed by atoms with Crippen molar-refractivity contribution >= 4 is 54.9 Å². The van der Waals surface area contributed by atoms with Crippen molar-refractivity contribution in [2.45, 2.75) is 44.9 Å². The zero-order valence-corrected chi connectivity index (χ0v) is 25.6. The second-order valence-electron chi connectivity index (χ2n) is 9.82. The number of amides is 1. The average molecular weight is 676 g/mol. The second kappa shape index (κ2) is 13.3. The Labute approximate surface area is 249 Å². The van der Waals surface area contributed by atoms with Gasteiger partial charge in [0.1, 0.15) is 5.82 Å². The number of aromatic nitrogens is 2. The van der Waals surface area contributed by atoms with E-state index in [0.29, 0.717) is 75.6 Å². The van der Waals surface area contributed by atoms with Gasteiger partial charge in [0.05, 0.1) is 41.4 Å². The maximum absolute atomic E-state index is 13.6. The molecule has 2 aromatic carbocycles. The lowest BCUT2D eigenvalue weighted by molar-refractivity contribution is -0.137. The molecule has 11 heteroatoms. The molecule has 2 aliphatic rings. The van der Waals surface area contributed by atoms with E-state index >= 15 is 0 Å². The van der Waals surface area contributed by atoms with Crippen molar-refractivity contribution in [1.82, 2.24) is 14.6 Å². The summed E-state index contributed by atoms with van der Waals surface area (Å²) < 4.78 is 19.9. The van der Waals surface area contributed by atoms with Crippen LogP contribution in [0.3, 0.4) is 0 Å². The van der Waals surface area contributed by atoms with E-state index in [1.54, 1.807) is 23.2 Å². The predicted molar refractivity (Wildman–Crippen MR) is 161 cm³/mol. The van der Waals surface area contributed by atoms with Gasteiger partial charge in [0.15, 0.2) is 18.1 Å². The maximum atomic E-state index is 13.6. The van der Waals surface area contributed by atoms with E-state index in [1.807, 2.05) is 25.1 Å². The number of hydrogen-bond donors (Lipinski definition) is 0. The number of rotatable bonds is 8. The Hall–Kier alpha value is -2.76. The lowest BCUT2D eigenvalue weighted by Crippen LogP contribution is -2.43. The molecule has 2 fully saturated rings. The molecule has 1 aromatic heterocycles. The number of para-hydroxylation sites is 1. The number of morpholine rings is 1. The van der Waals surface area contributed by atoms with Gasteiger partial charge >= 0.3 is 0 Å². The van der Waals surface area contributed by atoms with E-state index in [2.05, 4.69) is 37.0 Å². The summed E-state index contributed by atoms with van der Waals surface area (Å²) in [6, 6.07) is 9.18. The van der Waals surface area contributed by atoms with Gasteiger partial charge in [-0.3, -0.25) is 9.59 Å². The Morgan fingerprint density at radius 1 is 1.12 bits per heavy atom. The molecule has 1 amide bonds. The summed E-state index contributed by atoms with van der Waals surface area (Å²) in [7, 11) is 0. The van der Waals surface area contributed by atoms with Crippen LogP contribution in [0, 0.1) is 0 Å². The molecule has 1 saturated heterocycles. The molecule has 3 aromatic rings. The van der Waals surface area contributed by atoms with Crippen molar-refractivity contribution in [3.05, 3.63) is 61.0 Å². The van der Waals surface area contributed by atoms with Gasteiger partial charge in [0, 0.05) is 29.0 Å². The molecule has 2 heterocycles. The minimum absolute atomic E-state index is 0.113. The quantitative estimate of drug-likeness (QED) is 0.293. The lowest BCUT2D eigenvalue weighted by Gasteiger charge is -2.27. The van der Waals surface area contributed by atoms with Gasteiger partial charge in [-0.25, -0.2) is 4.98 Å². The minimum Gasteiger partial charge on any atom is -0.490 e. The molecule has 0 N–H and O–H groups in total. The Bertz CT molecular complexity index is 1460. The standard InChI is InChI=1S/C29H32Br2N4O5/c1-2-39-23-16-20(25(30)26(31)27(23)40-18-24(36)34-12-14-38-15-13-34)17-32-35-28(19-8-4-3-5-9-19)33-22-11-7-6-10-21(22)29(35)37/h6-7,10-11,16-17,19H,2-5,8-9,12-15,18H2,1H3. The van der Waals surface area contributed by atoms with E-state index < -0.39 is 0 Å². The predicted octanol–water partition coefficient (Wildman–Crippen LogP) is 5.49. The first-order valence-electron chi connectivity index (χ1n) is 13.7. The number of ether oxygens (including phenoxy) is 3. The Balaban J connectivity index is 1.48. The third-order valence-corrected chi connectivity index (χ3v) is 9.36. The number of carbonyl (C=O) groups is 1. The highest BCUT2D eigenvalue weighted by atomic mass is 79.9. The Morgan fingerprint density at radius 2 is 1.88 bits per heavy atom. The van der Waals surface area contributed by atoms with Gasteiger partial charge in [-0.15, -0.1) is 0 Å². The molecule has 5 rings (SSSR count). The van der Waals surface area contributed by atoms with Gasteiger partial charge in [-0.2, -0.15) is 9.78 Å². The third-order valence-electron chi connectivity index (χ3n) is 7.22. The third kappa shape index (κ3) is 6.26. The summed E-state index contributed by atoms with van der Waals surface area (Å²) in [5, 5.41) is 5.20. The summed E-state index contributed by atoms with van der Waals surface area (Å²) in [6.07, 6.45) is 7.03. The van der Waals surface area contributed by atoms with Gasteiger partial charge in [-0.05, 0) is 69.8 Å². The second-order valence-corrected chi connectivity index (χ2v) is 11.4. The van der Waals surface area contributed by atoms with Crippen LogP contribution in [0.15, 0.2) is 49.2 Å². The van der Waals surface area contributed by atoms with Crippen LogP contribution in [0.5, 0.6) is 11.5 Å². The molecule has 1 saturated carbocycles. The average Bonchev–Trinajstić information content (AvgIpc) is 2.99. The maximum Gasteiger partial charge on any atom is 0.282 e. The Kier molecular flexibility index (Phi) is 9.54. The minimum atomic E-state index is -0.191. The summed E-state index contributed by atoms with van der Waals surface area (Å²) in [6.45, 7) is 4.30. The molecule has 1 aliphatic heterocycles. The highest BCUT2D eigenvalue weighted by molar-refractivity contribution is 9.13. The van der Waals surface area contributed by atoms with Crippen molar-refractivity contribution in [3.63, 3.8) is 0 Å². The van der Waals surface area contributed by atoms with Crippen LogP contribution in [0.1, 0.15) is 56.3 Å². The van der Waals surface area contributed by atoms with Crippen molar-refractivity contribution in [3.8, 4) is 11.5 Å². The molecular weight excluding hydrogens is 644 g/mol. The molecule has 0 radical (unpaired) electrons. The first kappa shape index (κ1) is 28.8. The molecule has 0 bridgehead atoms. The number of fused-ring (bicyclic) bond motifs is 1. The van der Waals surface area contributed by atoms with Crippen LogP contribution in [-0.4, -0.2) is 66.2 Å². The zero-order chi connectivity index (χ0) is 28.1. The van der Waals surface area contributed by atoms with Crippen LogP contribution < -0.4 is 15.0 Å². The largest absolute Gasteiger partial charge is 0.490 e. The van der Waals surface area contributed by atoms with Gasteiger partial charge in [0.2, 0.25) is 0 Å². The van der Waals surface area contributed by atoms with Crippen molar-refractivity contribution < 1.29 is 19.0 Å². The highest BCUT2D eigenvalue weighted by Crippen LogP contribution is 2.42. The van der Waals surface area contributed by atoms with E-state index in [1.165, 1.54) is 11.1 Å². The van der Waals surface area contributed by atoms with Gasteiger partial charge in [-0.1, -0.05) is 31.4 Å². The first-order chi connectivity index (χ1) is 19.5. The van der Waals surface area contributed by atoms with Crippen molar-refractivity contribution in [2.24, 2.45) is 5.10 Å². The normalized spacial score (nSPS) is 16.5. The van der Waals surface area contributed by atoms with Crippen LogP contribution in [-0.2, 0) is 9.53 Å². The topological polar surface area (TPSA) is 95.2 Å². The fourth-order valence-corrected chi connectivity index (χ4v) is 6.07. The van der Waals surface area contributed by atoms with Crippen LogP contribution in [0.25, 0.3) is 10.9 Å². The fourth-order valence-electron chi connectivity index (χ4n) is 5.13. The van der Waals surface area contributed by atoms with E-state index in [9.17, 15) is 9.59 Å². The molecule has 212 valence electrons. The van der Waals surface area contributed by atoms with Crippen LogP contribution in [0.2, 0.25) is 0 Å². The summed E-state index contributed by atoms with van der Waals surface area (Å²) in [4.78, 5) is 32.9. The summed E-state index contributed by atoms with van der Waals surface area (Å²) in [5.41, 5.74) is 1.18. The molecule has 40 heavy (non-hydrogen) atoms. The Morgan fingerprint density at radius 3 is 2.62 bits per heavy atom. The number of benzene rings is 2. The first-order valence-corrected chi connectivity index (χ1v) is 15.3. The van der Waals surface area contributed by atoms with Crippen molar-refractivity contribution in [2.75, 3.05) is 39.5 Å². The van der Waals surface area contributed by atoms with Crippen LogP contribution >= 0.6 is 31.9 Å². The van der Waals surface area contributed by atoms with Gasteiger partial charge < -0.3 is 19.1 Å². The monoisotopic (exact) mass is 674 g/mol. The van der Waals surface area contributed by atoms with Gasteiger partial charge in [0.25, 0.3) is 11.5 Å². The number of halogens is 2. The fraction of sp³-hybridized carbons (Fsp3) is 0.448. The van der Waals surface area contributed by atoms with E-state index in [0.717, 1.165) is 25.7 Å². The molecule has 9 nitrogen and oxygen atoms in total. The van der Waals surface area contributed by atoms with E-state index in [-0.39, 0.29) is 24.0 Å².